The molecule has 0 amide bonds. The minimum atomic E-state index is 0.127. The Hall–Kier alpha value is -1.93. The van der Waals surface area contributed by atoms with E-state index in [-0.39, 0.29) is 12.6 Å². The third-order valence-corrected chi connectivity index (χ3v) is 4.42. The average molecular weight is 328 g/mol. The summed E-state index contributed by atoms with van der Waals surface area (Å²) in [5, 5.41) is 21.9. The molecule has 2 aromatic rings. The van der Waals surface area contributed by atoms with Gasteiger partial charge in [0.15, 0.2) is 0 Å². The minimum absolute atomic E-state index is 0.127. The molecule has 1 heterocycles. The van der Waals surface area contributed by atoms with Crippen LogP contribution in [-0.2, 0) is 0 Å². The molecular formula is C18H18ClN3O. The quantitative estimate of drug-likeness (QED) is 0.854. The van der Waals surface area contributed by atoms with E-state index in [1.54, 1.807) is 18.3 Å². The first-order chi connectivity index (χ1) is 11.2. The second kappa shape index (κ2) is 7.10. The predicted molar refractivity (Wildman–Crippen MR) is 90.0 cm³/mol. The van der Waals surface area contributed by atoms with Crippen molar-refractivity contribution in [1.29, 1.82) is 5.26 Å². The normalized spacial score (nSPS) is 15.2. The summed E-state index contributed by atoms with van der Waals surface area (Å²) in [5.41, 5.74) is 3.52. The Morgan fingerprint density at radius 1 is 1.30 bits per heavy atom. The van der Waals surface area contributed by atoms with Crippen molar-refractivity contribution < 1.29 is 5.11 Å². The van der Waals surface area contributed by atoms with Gasteiger partial charge in [-0.15, -0.1) is 0 Å². The lowest BCUT2D eigenvalue weighted by Gasteiger charge is -2.18. The molecular weight excluding hydrogens is 310 g/mol. The van der Waals surface area contributed by atoms with Crippen molar-refractivity contribution in [3.8, 4) is 17.2 Å². The second-order valence-electron chi connectivity index (χ2n) is 5.81. The maximum Gasteiger partial charge on any atom is 0.101 e. The van der Waals surface area contributed by atoms with E-state index in [2.05, 4.69) is 22.4 Å². The van der Waals surface area contributed by atoms with Gasteiger partial charge in [0, 0.05) is 30.5 Å². The van der Waals surface area contributed by atoms with Gasteiger partial charge in [0.1, 0.15) is 6.07 Å². The van der Waals surface area contributed by atoms with Crippen LogP contribution >= 0.6 is 11.6 Å². The van der Waals surface area contributed by atoms with Gasteiger partial charge in [-0.3, -0.25) is 4.98 Å². The molecule has 4 nitrogen and oxygen atoms in total. The van der Waals surface area contributed by atoms with E-state index >= 15 is 0 Å². The van der Waals surface area contributed by atoms with Crippen LogP contribution in [0, 0.1) is 17.2 Å². The molecule has 1 saturated carbocycles. The van der Waals surface area contributed by atoms with E-state index in [1.165, 1.54) is 12.8 Å². The first-order valence-corrected chi connectivity index (χ1v) is 8.10. The first-order valence-electron chi connectivity index (χ1n) is 7.72. The summed E-state index contributed by atoms with van der Waals surface area (Å²) in [6.45, 7) is 0.704. The zero-order chi connectivity index (χ0) is 16.2. The summed E-state index contributed by atoms with van der Waals surface area (Å²) in [5.74, 6) is 0.614. The molecule has 1 atom stereocenters. The predicted octanol–water partition coefficient (Wildman–Crippen LogP) is 3.31. The molecule has 0 radical (unpaired) electrons. The topological polar surface area (TPSA) is 68.9 Å². The van der Waals surface area contributed by atoms with E-state index in [0.717, 1.165) is 16.7 Å². The van der Waals surface area contributed by atoms with Crippen molar-refractivity contribution in [3.63, 3.8) is 0 Å². The molecule has 1 unspecified atom stereocenters. The molecule has 0 bridgehead atoms. The van der Waals surface area contributed by atoms with Crippen LogP contribution in [0.2, 0.25) is 5.02 Å². The van der Waals surface area contributed by atoms with E-state index in [4.69, 9.17) is 22.0 Å². The van der Waals surface area contributed by atoms with Crippen molar-refractivity contribution >= 4 is 11.6 Å². The average Bonchev–Trinajstić information content (AvgIpc) is 3.40. The Labute approximate surface area is 140 Å². The van der Waals surface area contributed by atoms with Crippen LogP contribution in [0.25, 0.3) is 11.1 Å². The van der Waals surface area contributed by atoms with Crippen LogP contribution in [0.15, 0.2) is 36.7 Å². The van der Waals surface area contributed by atoms with Crippen LogP contribution in [0.3, 0.4) is 0 Å². The van der Waals surface area contributed by atoms with Crippen LogP contribution in [0.5, 0.6) is 0 Å². The third kappa shape index (κ3) is 3.70. The molecule has 1 aromatic heterocycles. The molecule has 23 heavy (non-hydrogen) atoms. The number of hydrogen-bond donors (Lipinski definition) is 2. The summed E-state index contributed by atoms with van der Waals surface area (Å²) in [4.78, 5) is 4.36. The van der Waals surface area contributed by atoms with Gasteiger partial charge in [-0.25, -0.2) is 0 Å². The smallest absolute Gasteiger partial charge is 0.101 e. The highest BCUT2D eigenvalue weighted by Crippen LogP contribution is 2.41. The summed E-state index contributed by atoms with van der Waals surface area (Å²) in [6.07, 6.45) is 6.09. The Kier molecular flexibility index (Phi) is 4.92. The fourth-order valence-electron chi connectivity index (χ4n) is 2.78. The Morgan fingerprint density at radius 2 is 2.13 bits per heavy atom. The van der Waals surface area contributed by atoms with Crippen molar-refractivity contribution in [2.24, 2.45) is 5.92 Å². The molecule has 3 rings (SSSR count). The van der Waals surface area contributed by atoms with Crippen LogP contribution in [0.4, 0.5) is 0 Å². The number of pyridine rings is 1. The molecule has 1 aliphatic carbocycles. The summed E-state index contributed by atoms with van der Waals surface area (Å²) >= 11 is 6.13. The van der Waals surface area contributed by atoms with Crippen LogP contribution in [-0.4, -0.2) is 23.2 Å². The standard InChI is InChI=1S/C18H18ClN3O/c19-17-8-13(3-4-14(17)9-20)15-7-16(11-21-10-15)18(12-1-2-12)22-5-6-23/h3-4,7-8,10-12,18,22-23H,1-2,5-6H2. The van der Waals surface area contributed by atoms with Crippen molar-refractivity contribution in [3.05, 3.63) is 52.8 Å². The largest absolute Gasteiger partial charge is 0.395 e. The number of nitrogens with one attached hydrogen (secondary N) is 1. The number of nitriles is 1. The lowest BCUT2D eigenvalue weighted by Crippen LogP contribution is -2.26. The fraction of sp³-hybridized carbons (Fsp3) is 0.333. The number of hydrogen-bond acceptors (Lipinski definition) is 4. The van der Waals surface area contributed by atoms with E-state index < -0.39 is 0 Å². The van der Waals surface area contributed by atoms with Crippen LogP contribution < -0.4 is 5.32 Å². The third-order valence-electron chi connectivity index (χ3n) is 4.11. The number of aliphatic hydroxyl groups excluding tert-OH is 1. The highest BCUT2D eigenvalue weighted by Gasteiger charge is 2.32. The van der Waals surface area contributed by atoms with Gasteiger partial charge in [0.25, 0.3) is 0 Å². The monoisotopic (exact) mass is 327 g/mol. The Morgan fingerprint density at radius 3 is 2.78 bits per heavy atom. The van der Waals surface area contributed by atoms with Crippen LogP contribution in [0.1, 0.15) is 30.0 Å². The number of aromatic nitrogens is 1. The van der Waals surface area contributed by atoms with Gasteiger partial charge in [-0.05, 0) is 48.1 Å². The van der Waals surface area contributed by atoms with E-state index in [1.807, 2.05) is 12.3 Å². The number of benzene rings is 1. The summed E-state index contributed by atoms with van der Waals surface area (Å²) in [7, 11) is 0. The van der Waals surface area contributed by atoms with Gasteiger partial charge in [0.2, 0.25) is 0 Å². The molecule has 2 N–H and O–H groups in total. The van der Waals surface area contributed by atoms with Gasteiger partial charge < -0.3 is 10.4 Å². The molecule has 5 heteroatoms. The van der Waals surface area contributed by atoms with Crippen molar-refractivity contribution in [2.45, 2.75) is 18.9 Å². The first kappa shape index (κ1) is 15.9. The summed E-state index contributed by atoms with van der Waals surface area (Å²) < 4.78 is 0. The fourth-order valence-corrected chi connectivity index (χ4v) is 3.00. The van der Waals surface area contributed by atoms with Crippen molar-refractivity contribution in [2.75, 3.05) is 13.2 Å². The zero-order valence-electron chi connectivity index (χ0n) is 12.7. The minimum Gasteiger partial charge on any atom is -0.395 e. The van der Waals surface area contributed by atoms with E-state index in [0.29, 0.717) is 23.0 Å². The lowest BCUT2D eigenvalue weighted by molar-refractivity contribution is 0.280. The van der Waals surface area contributed by atoms with E-state index in [9.17, 15) is 0 Å². The molecule has 118 valence electrons. The number of nitrogens with zero attached hydrogens (tertiary/aromatic N) is 2. The Balaban J connectivity index is 1.90. The Bertz CT molecular complexity index is 737. The molecule has 0 aliphatic heterocycles. The van der Waals surface area contributed by atoms with Crippen molar-refractivity contribution in [1.82, 2.24) is 10.3 Å². The highest BCUT2D eigenvalue weighted by atomic mass is 35.5. The van der Waals surface area contributed by atoms with Gasteiger partial charge in [-0.2, -0.15) is 5.26 Å². The van der Waals surface area contributed by atoms with Gasteiger partial charge in [-0.1, -0.05) is 17.7 Å². The second-order valence-corrected chi connectivity index (χ2v) is 6.21. The van der Waals surface area contributed by atoms with Gasteiger partial charge >= 0.3 is 0 Å². The molecule has 1 fully saturated rings. The number of aliphatic hydroxyl groups is 1. The highest BCUT2D eigenvalue weighted by molar-refractivity contribution is 6.32. The maximum absolute atomic E-state index is 9.06. The molecule has 0 spiro atoms. The SMILES string of the molecule is N#Cc1ccc(-c2cncc(C(NCCO)C3CC3)c2)cc1Cl. The molecule has 0 saturated heterocycles. The zero-order valence-corrected chi connectivity index (χ0v) is 13.4. The molecule has 1 aliphatic rings. The van der Waals surface area contributed by atoms with Gasteiger partial charge in [0.05, 0.1) is 17.2 Å². The number of rotatable bonds is 6. The summed E-state index contributed by atoms with van der Waals surface area (Å²) in [6, 6.07) is 9.82. The lowest BCUT2D eigenvalue weighted by atomic mass is 9.99. The number of halogens is 1. The maximum atomic E-state index is 9.06. The molecule has 1 aromatic carbocycles.